The fraction of sp³-hybridized carbons (Fsp3) is 0.538. The summed E-state index contributed by atoms with van der Waals surface area (Å²) in [6.45, 7) is 7.68. The summed E-state index contributed by atoms with van der Waals surface area (Å²) in [5, 5.41) is 2.82. The van der Waals surface area contributed by atoms with Gasteiger partial charge in [-0.2, -0.15) is 0 Å². The van der Waals surface area contributed by atoms with Gasteiger partial charge in [-0.15, -0.1) is 0 Å². The van der Waals surface area contributed by atoms with Gasteiger partial charge in [0.2, 0.25) is 5.91 Å². The number of halogens is 1. The second-order valence-corrected chi connectivity index (χ2v) is 5.54. The highest BCUT2D eigenvalue weighted by Crippen LogP contribution is 2.10. The first-order chi connectivity index (χ1) is 9.17. The highest BCUT2D eigenvalue weighted by atomic mass is 79.9. The molecule has 104 valence electrons. The van der Waals surface area contributed by atoms with Crippen LogP contribution in [-0.2, 0) is 4.79 Å². The van der Waals surface area contributed by atoms with Crippen LogP contribution < -0.4 is 5.32 Å². The van der Waals surface area contributed by atoms with Gasteiger partial charge in [0, 0.05) is 36.8 Å². The second-order valence-electron chi connectivity index (χ2n) is 4.62. The lowest BCUT2D eigenvalue weighted by atomic mass is 10.3. The number of hydrogen-bond acceptors (Lipinski definition) is 4. The van der Waals surface area contributed by atoms with Gasteiger partial charge in [0.25, 0.3) is 0 Å². The smallest absolute Gasteiger partial charge is 0.239 e. The number of carbonyl (C=O) groups excluding carboxylic acids is 1. The molecule has 0 radical (unpaired) electrons. The lowest BCUT2D eigenvalue weighted by Crippen LogP contribution is -2.48. The van der Waals surface area contributed by atoms with Gasteiger partial charge in [-0.05, 0) is 34.6 Å². The van der Waals surface area contributed by atoms with Crippen molar-refractivity contribution in [2.45, 2.75) is 6.92 Å². The first-order valence-electron chi connectivity index (χ1n) is 6.53. The summed E-state index contributed by atoms with van der Waals surface area (Å²) in [6.07, 6.45) is 1.68. The molecule has 1 saturated heterocycles. The number of pyridine rings is 1. The number of nitrogens with one attached hydrogen (secondary N) is 1. The summed E-state index contributed by atoms with van der Waals surface area (Å²) in [5.41, 5.74) is 0. The number of hydrogen-bond donors (Lipinski definition) is 1. The van der Waals surface area contributed by atoms with E-state index in [1.807, 2.05) is 6.07 Å². The zero-order valence-electron chi connectivity index (χ0n) is 11.1. The first-order valence-corrected chi connectivity index (χ1v) is 7.33. The maximum atomic E-state index is 11.9. The molecule has 1 aromatic rings. The average molecular weight is 327 g/mol. The molecular formula is C13H19BrN4O. The van der Waals surface area contributed by atoms with Crippen LogP contribution in [0.5, 0.6) is 0 Å². The summed E-state index contributed by atoms with van der Waals surface area (Å²) >= 11 is 3.32. The van der Waals surface area contributed by atoms with Crippen molar-refractivity contribution in [2.75, 3.05) is 44.6 Å². The number of anilines is 1. The van der Waals surface area contributed by atoms with Crippen molar-refractivity contribution in [1.82, 2.24) is 14.8 Å². The molecule has 1 fully saturated rings. The van der Waals surface area contributed by atoms with E-state index >= 15 is 0 Å². The predicted octanol–water partition coefficient (Wildman–Crippen LogP) is 1.42. The van der Waals surface area contributed by atoms with Crippen LogP contribution in [0.25, 0.3) is 0 Å². The number of rotatable bonds is 4. The van der Waals surface area contributed by atoms with Gasteiger partial charge in [-0.25, -0.2) is 4.98 Å². The molecule has 1 amide bonds. The number of likely N-dealkylation sites (N-methyl/N-ethyl adjacent to an activating group) is 1. The van der Waals surface area contributed by atoms with E-state index in [1.54, 1.807) is 12.3 Å². The number of nitrogens with zero attached hydrogens (tertiary/aromatic N) is 3. The minimum atomic E-state index is -0.000212. The maximum absolute atomic E-state index is 11.9. The van der Waals surface area contributed by atoms with Crippen LogP contribution in [-0.4, -0.2) is 60.0 Å². The Balaban J connectivity index is 1.77. The largest absolute Gasteiger partial charge is 0.310 e. The van der Waals surface area contributed by atoms with E-state index in [2.05, 4.69) is 43.0 Å². The van der Waals surface area contributed by atoms with Gasteiger partial charge in [0.1, 0.15) is 5.82 Å². The van der Waals surface area contributed by atoms with E-state index in [1.165, 1.54) is 0 Å². The van der Waals surface area contributed by atoms with Crippen LogP contribution >= 0.6 is 15.9 Å². The van der Waals surface area contributed by atoms with E-state index in [9.17, 15) is 4.79 Å². The zero-order valence-corrected chi connectivity index (χ0v) is 12.7. The number of carbonyl (C=O) groups is 1. The number of piperazine rings is 1. The van der Waals surface area contributed by atoms with Crippen LogP contribution in [0.2, 0.25) is 0 Å². The fourth-order valence-corrected chi connectivity index (χ4v) is 2.33. The highest BCUT2D eigenvalue weighted by molar-refractivity contribution is 9.10. The molecule has 2 heterocycles. The Kier molecular flexibility index (Phi) is 5.30. The van der Waals surface area contributed by atoms with Crippen LogP contribution in [0.3, 0.4) is 0 Å². The zero-order chi connectivity index (χ0) is 13.7. The predicted molar refractivity (Wildman–Crippen MR) is 79.1 cm³/mol. The van der Waals surface area contributed by atoms with Crippen LogP contribution in [0.15, 0.2) is 22.8 Å². The highest BCUT2D eigenvalue weighted by Gasteiger charge is 2.17. The van der Waals surface area contributed by atoms with Gasteiger partial charge in [0.05, 0.1) is 6.54 Å². The minimum absolute atomic E-state index is 0.000212. The van der Waals surface area contributed by atoms with Crippen LogP contribution in [0, 0.1) is 0 Å². The molecule has 1 aliphatic heterocycles. The SMILES string of the molecule is CCN1CCN(CC(=O)Nc2ccc(Br)cn2)CC1. The Morgan fingerprint density at radius 1 is 1.32 bits per heavy atom. The fourth-order valence-electron chi connectivity index (χ4n) is 2.10. The topological polar surface area (TPSA) is 48.5 Å². The Labute approximate surface area is 122 Å². The molecule has 19 heavy (non-hydrogen) atoms. The van der Waals surface area contributed by atoms with E-state index in [0.717, 1.165) is 37.2 Å². The van der Waals surface area contributed by atoms with Crippen molar-refractivity contribution in [3.8, 4) is 0 Å². The Bertz CT molecular complexity index is 415. The van der Waals surface area contributed by atoms with Crippen molar-refractivity contribution >= 4 is 27.7 Å². The molecular weight excluding hydrogens is 308 g/mol. The van der Waals surface area contributed by atoms with E-state index < -0.39 is 0 Å². The van der Waals surface area contributed by atoms with E-state index in [4.69, 9.17) is 0 Å². The molecule has 1 aliphatic rings. The number of amides is 1. The Morgan fingerprint density at radius 2 is 2.00 bits per heavy atom. The third kappa shape index (κ3) is 4.56. The van der Waals surface area contributed by atoms with Gasteiger partial charge in [-0.1, -0.05) is 6.92 Å². The average Bonchev–Trinajstić information content (AvgIpc) is 2.42. The van der Waals surface area contributed by atoms with Gasteiger partial charge in [0.15, 0.2) is 0 Å². The quantitative estimate of drug-likeness (QED) is 0.909. The van der Waals surface area contributed by atoms with Crippen LogP contribution in [0.4, 0.5) is 5.82 Å². The molecule has 0 spiro atoms. The third-order valence-corrected chi connectivity index (χ3v) is 3.74. The van der Waals surface area contributed by atoms with Gasteiger partial charge >= 0.3 is 0 Å². The summed E-state index contributed by atoms with van der Waals surface area (Å²) in [5.74, 6) is 0.597. The Morgan fingerprint density at radius 3 is 2.58 bits per heavy atom. The first kappa shape index (κ1) is 14.4. The normalized spacial score (nSPS) is 17.4. The summed E-state index contributed by atoms with van der Waals surface area (Å²) in [7, 11) is 0. The second kappa shape index (κ2) is 6.98. The van der Waals surface area contributed by atoms with Crippen molar-refractivity contribution in [1.29, 1.82) is 0 Å². The molecule has 1 N–H and O–H groups in total. The monoisotopic (exact) mass is 326 g/mol. The molecule has 5 nitrogen and oxygen atoms in total. The van der Waals surface area contributed by atoms with Gasteiger partial charge < -0.3 is 10.2 Å². The standard InChI is InChI=1S/C13H19BrN4O/c1-2-17-5-7-18(8-6-17)10-13(19)16-12-4-3-11(14)9-15-12/h3-4,9H,2,5-8,10H2,1H3,(H,15,16,19). The van der Waals surface area contributed by atoms with Crippen LogP contribution in [0.1, 0.15) is 6.92 Å². The Hall–Kier alpha value is -0.980. The van der Waals surface area contributed by atoms with Crippen molar-refractivity contribution < 1.29 is 4.79 Å². The molecule has 0 bridgehead atoms. The van der Waals surface area contributed by atoms with Gasteiger partial charge in [-0.3, -0.25) is 9.69 Å². The van der Waals surface area contributed by atoms with E-state index in [-0.39, 0.29) is 5.91 Å². The van der Waals surface area contributed by atoms with Crippen molar-refractivity contribution in [3.05, 3.63) is 22.8 Å². The molecule has 0 unspecified atom stereocenters. The van der Waals surface area contributed by atoms with E-state index in [0.29, 0.717) is 12.4 Å². The molecule has 0 aromatic carbocycles. The van der Waals surface area contributed by atoms with Crippen molar-refractivity contribution in [2.24, 2.45) is 0 Å². The third-order valence-electron chi connectivity index (χ3n) is 3.27. The molecule has 6 heteroatoms. The lowest BCUT2D eigenvalue weighted by molar-refractivity contribution is -0.117. The molecule has 0 aliphatic carbocycles. The lowest BCUT2D eigenvalue weighted by Gasteiger charge is -2.33. The summed E-state index contributed by atoms with van der Waals surface area (Å²) in [4.78, 5) is 20.6. The molecule has 2 rings (SSSR count). The minimum Gasteiger partial charge on any atom is -0.310 e. The maximum Gasteiger partial charge on any atom is 0.239 e. The molecule has 0 saturated carbocycles. The summed E-state index contributed by atoms with van der Waals surface area (Å²) in [6, 6.07) is 3.65. The molecule has 1 aromatic heterocycles. The summed E-state index contributed by atoms with van der Waals surface area (Å²) < 4.78 is 0.904. The number of aromatic nitrogens is 1. The van der Waals surface area contributed by atoms with Crippen molar-refractivity contribution in [3.63, 3.8) is 0 Å². The molecule has 0 atom stereocenters.